The van der Waals surface area contributed by atoms with Gasteiger partial charge < -0.3 is 20.0 Å². The molecule has 0 saturated heterocycles. The Bertz CT molecular complexity index is 962. The molecule has 0 spiro atoms. The summed E-state index contributed by atoms with van der Waals surface area (Å²) in [7, 11) is 4.00. The van der Waals surface area contributed by atoms with E-state index < -0.39 is 0 Å². The first-order chi connectivity index (χ1) is 14.5. The maximum absolute atomic E-state index is 12.6. The third kappa shape index (κ3) is 5.36. The van der Waals surface area contributed by atoms with Crippen LogP contribution in [0, 0.1) is 0 Å². The second-order valence-electron chi connectivity index (χ2n) is 7.29. The molecule has 6 nitrogen and oxygen atoms in total. The summed E-state index contributed by atoms with van der Waals surface area (Å²) >= 11 is 0. The van der Waals surface area contributed by atoms with E-state index in [0.29, 0.717) is 17.8 Å². The molecule has 2 N–H and O–H groups in total. The van der Waals surface area contributed by atoms with E-state index >= 15 is 0 Å². The first-order valence-electron chi connectivity index (χ1n) is 9.96. The number of carbonyl (C=O) groups excluding carboxylic acids is 2. The van der Waals surface area contributed by atoms with Crippen molar-refractivity contribution in [2.24, 2.45) is 0 Å². The largest absolute Gasteiger partial charge is 0.459 e. The van der Waals surface area contributed by atoms with Gasteiger partial charge in [-0.15, -0.1) is 0 Å². The third-order valence-electron chi connectivity index (χ3n) is 5.00. The topological polar surface area (TPSA) is 74.6 Å². The Morgan fingerprint density at radius 3 is 2.23 bits per heavy atom. The summed E-state index contributed by atoms with van der Waals surface area (Å²) in [6.45, 7) is 2.63. The minimum atomic E-state index is -0.333. The molecule has 0 aliphatic carbocycles. The highest BCUT2D eigenvalue weighted by atomic mass is 16.3. The fraction of sp³-hybridized carbons (Fsp3) is 0.250. The average molecular weight is 405 g/mol. The number of rotatable bonds is 8. The normalized spacial score (nSPS) is 11.9. The summed E-state index contributed by atoms with van der Waals surface area (Å²) in [6.07, 6.45) is 2.45. The zero-order valence-electron chi connectivity index (χ0n) is 17.5. The van der Waals surface area contributed by atoms with Crippen molar-refractivity contribution in [3.05, 3.63) is 89.4 Å². The number of aryl methyl sites for hydroxylation is 1. The predicted molar refractivity (Wildman–Crippen MR) is 118 cm³/mol. The molecule has 0 aliphatic heterocycles. The predicted octanol–water partition coefficient (Wildman–Crippen LogP) is 4.13. The Morgan fingerprint density at radius 1 is 0.967 bits per heavy atom. The van der Waals surface area contributed by atoms with E-state index in [1.807, 2.05) is 14.1 Å². The van der Waals surface area contributed by atoms with Crippen LogP contribution in [0.4, 0.5) is 5.69 Å². The number of nitrogens with one attached hydrogen (secondary N) is 2. The molecular formula is C24H27N3O3. The highest BCUT2D eigenvalue weighted by Gasteiger charge is 2.16. The van der Waals surface area contributed by atoms with Crippen molar-refractivity contribution in [2.45, 2.75) is 19.4 Å². The second-order valence-corrected chi connectivity index (χ2v) is 7.29. The standard InChI is InChI=1S/C24H27N3O3/c1-4-17-7-9-18(10-8-17)21(27(2)3)16-25-23(28)19-11-13-20(14-12-19)26-24(29)22-6-5-15-30-22/h5-15,21H,4,16H2,1-3H3,(H,25,28)(H,26,29). The van der Waals surface area contributed by atoms with Crippen LogP contribution in [0.1, 0.15) is 45.0 Å². The molecule has 3 aromatic rings. The highest BCUT2D eigenvalue weighted by Crippen LogP contribution is 2.19. The van der Waals surface area contributed by atoms with Gasteiger partial charge in [0.05, 0.1) is 12.3 Å². The van der Waals surface area contributed by atoms with Gasteiger partial charge in [-0.05, 0) is 68.0 Å². The van der Waals surface area contributed by atoms with Crippen LogP contribution in [0.25, 0.3) is 0 Å². The number of nitrogens with zero attached hydrogens (tertiary/aromatic N) is 1. The van der Waals surface area contributed by atoms with Crippen molar-refractivity contribution < 1.29 is 14.0 Å². The van der Waals surface area contributed by atoms with Gasteiger partial charge in [-0.2, -0.15) is 0 Å². The monoisotopic (exact) mass is 405 g/mol. The molecular weight excluding hydrogens is 378 g/mol. The highest BCUT2D eigenvalue weighted by molar-refractivity contribution is 6.02. The summed E-state index contributed by atoms with van der Waals surface area (Å²) in [6, 6.07) is 18.6. The Balaban J connectivity index is 1.59. The molecule has 1 aromatic heterocycles. The average Bonchev–Trinajstić information content (AvgIpc) is 3.29. The molecule has 2 amide bonds. The quantitative estimate of drug-likeness (QED) is 0.591. The van der Waals surface area contributed by atoms with Crippen LogP contribution in [-0.2, 0) is 6.42 Å². The van der Waals surface area contributed by atoms with Crippen molar-refractivity contribution in [1.29, 1.82) is 0 Å². The first-order valence-corrected chi connectivity index (χ1v) is 9.96. The molecule has 156 valence electrons. The lowest BCUT2D eigenvalue weighted by Crippen LogP contribution is -2.34. The van der Waals surface area contributed by atoms with E-state index in [0.717, 1.165) is 12.0 Å². The molecule has 0 bridgehead atoms. The van der Waals surface area contributed by atoms with Crippen molar-refractivity contribution in [1.82, 2.24) is 10.2 Å². The Hall–Kier alpha value is -3.38. The van der Waals surface area contributed by atoms with Crippen LogP contribution >= 0.6 is 0 Å². The lowest BCUT2D eigenvalue weighted by atomic mass is 10.0. The van der Waals surface area contributed by atoms with E-state index in [9.17, 15) is 9.59 Å². The van der Waals surface area contributed by atoms with Crippen LogP contribution in [0.2, 0.25) is 0 Å². The molecule has 0 radical (unpaired) electrons. The van der Waals surface area contributed by atoms with E-state index in [-0.39, 0.29) is 23.6 Å². The van der Waals surface area contributed by atoms with Crippen LogP contribution in [-0.4, -0.2) is 37.4 Å². The van der Waals surface area contributed by atoms with Gasteiger partial charge in [-0.1, -0.05) is 31.2 Å². The van der Waals surface area contributed by atoms with Gasteiger partial charge in [0.15, 0.2) is 5.76 Å². The Morgan fingerprint density at radius 2 is 1.67 bits per heavy atom. The summed E-state index contributed by atoms with van der Waals surface area (Å²) < 4.78 is 5.07. The molecule has 6 heteroatoms. The van der Waals surface area contributed by atoms with Crippen LogP contribution in [0.15, 0.2) is 71.3 Å². The number of anilines is 1. The van der Waals surface area contributed by atoms with Crippen molar-refractivity contribution in [2.75, 3.05) is 26.0 Å². The maximum Gasteiger partial charge on any atom is 0.291 e. The van der Waals surface area contributed by atoms with E-state index in [2.05, 4.69) is 46.7 Å². The zero-order valence-corrected chi connectivity index (χ0v) is 17.5. The van der Waals surface area contributed by atoms with Crippen molar-refractivity contribution in [3.8, 4) is 0 Å². The minimum Gasteiger partial charge on any atom is -0.459 e. The molecule has 1 heterocycles. The second kappa shape index (κ2) is 9.89. The van der Waals surface area contributed by atoms with E-state index in [1.165, 1.54) is 11.8 Å². The summed E-state index contributed by atoms with van der Waals surface area (Å²) in [5.41, 5.74) is 3.58. The van der Waals surface area contributed by atoms with Crippen LogP contribution in [0.5, 0.6) is 0 Å². The lowest BCUT2D eigenvalue weighted by Gasteiger charge is -2.25. The number of likely N-dealkylation sites (N-methyl/N-ethyl adjacent to an activating group) is 1. The van der Waals surface area contributed by atoms with Gasteiger partial charge >= 0.3 is 0 Å². The fourth-order valence-corrected chi connectivity index (χ4v) is 3.17. The summed E-state index contributed by atoms with van der Waals surface area (Å²) in [4.78, 5) is 26.7. The van der Waals surface area contributed by atoms with Gasteiger partial charge in [0.25, 0.3) is 11.8 Å². The fourth-order valence-electron chi connectivity index (χ4n) is 3.17. The number of hydrogen-bond acceptors (Lipinski definition) is 4. The van der Waals surface area contributed by atoms with Gasteiger partial charge in [-0.25, -0.2) is 0 Å². The molecule has 1 unspecified atom stereocenters. The number of hydrogen-bond donors (Lipinski definition) is 2. The molecule has 0 fully saturated rings. The number of amides is 2. The first kappa shape index (κ1) is 21.3. The number of carbonyl (C=O) groups is 2. The van der Waals surface area contributed by atoms with Crippen molar-refractivity contribution in [3.63, 3.8) is 0 Å². The Labute approximate surface area is 176 Å². The van der Waals surface area contributed by atoms with Gasteiger partial charge in [-0.3, -0.25) is 9.59 Å². The molecule has 2 aromatic carbocycles. The van der Waals surface area contributed by atoms with Crippen LogP contribution < -0.4 is 10.6 Å². The third-order valence-corrected chi connectivity index (χ3v) is 5.00. The molecule has 30 heavy (non-hydrogen) atoms. The molecule has 1 atom stereocenters. The summed E-state index contributed by atoms with van der Waals surface area (Å²) in [5.74, 6) is -0.255. The maximum atomic E-state index is 12.6. The van der Waals surface area contributed by atoms with E-state index in [4.69, 9.17) is 4.42 Å². The number of benzene rings is 2. The smallest absolute Gasteiger partial charge is 0.291 e. The van der Waals surface area contributed by atoms with Crippen LogP contribution in [0.3, 0.4) is 0 Å². The molecule has 0 saturated carbocycles. The minimum absolute atomic E-state index is 0.0757. The van der Waals surface area contributed by atoms with Gasteiger partial charge in [0.2, 0.25) is 0 Å². The molecule has 0 aliphatic rings. The summed E-state index contributed by atoms with van der Waals surface area (Å²) in [5, 5.41) is 5.74. The number of furan rings is 1. The van der Waals surface area contributed by atoms with Crippen molar-refractivity contribution >= 4 is 17.5 Å². The van der Waals surface area contributed by atoms with E-state index in [1.54, 1.807) is 36.4 Å². The molecule has 3 rings (SSSR count). The SMILES string of the molecule is CCc1ccc(C(CNC(=O)c2ccc(NC(=O)c3ccco3)cc2)N(C)C)cc1. The Kier molecular flexibility index (Phi) is 7.03. The lowest BCUT2D eigenvalue weighted by molar-refractivity contribution is 0.0941. The van der Waals surface area contributed by atoms with Gasteiger partial charge in [0, 0.05) is 17.8 Å². The van der Waals surface area contributed by atoms with Gasteiger partial charge in [0.1, 0.15) is 0 Å². The zero-order chi connectivity index (χ0) is 21.5.